The maximum absolute atomic E-state index is 11.9. The fourth-order valence-electron chi connectivity index (χ4n) is 1.74. The Hall–Kier alpha value is -1.88. The van der Waals surface area contributed by atoms with E-state index in [1.54, 1.807) is 0 Å². The Bertz CT molecular complexity index is 392. The molecule has 0 saturated carbocycles. The third kappa shape index (κ3) is 4.55. The number of carbonyl (C=O) groups is 2. The first kappa shape index (κ1) is 14.2. The van der Waals surface area contributed by atoms with Gasteiger partial charge in [0, 0.05) is 5.56 Å². The predicted octanol–water partition coefficient (Wildman–Crippen LogP) is 0.286. The second kappa shape index (κ2) is 7.45. The largest absolute Gasteiger partial charge is 0.351 e. The average molecular weight is 250 g/mol. The van der Waals surface area contributed by atoms with Gasteiger partial charge in [0.05, 0.1) is 6.54 Å². The molecule has 0 aliphatic carbocycles. The maximum atomic E-state index is 11.9. The SMILES string of the molecule is CCCC[NH2+][C@H](C(=O)NC(N)=O)c1ccccc1. The number of hydrogen-bond acceptors (Lipinski definition) is 2. The van der Waals surface area contributed by atoms with Gasteiger partial charge in [0.2, 0.25) is 0 Å². The molecule has 5 nitrogen and oxygen atoms in total. The summed E-state index contributed by atoms with van der Waals surface area (Å²) in [5, 5.41) is 4.06. The standard InChI is InChI=1S/C13H19N3O2/c1-2-3-9-15-11(12(17)16-13(14)18)10-7-5-4-6-8-10/h4-8,11,15H,2-3,9H2,1H3,(H3,14,16,17,18)/p+1/t11-/m0/s1. The highest BCUT2D eigenvalue weighted by molar-refractivity contribution is 5.96. The van der Waals surface area contributed by atoms with Crippen molar-refractivity contribution in [2.75, 3.05) is 6.54 Å². The van der Waals surface area contributed by atoms with Crippen LogP contribution in [0.3, 0.4) is 0 Å². The van der Waals surface area contributed by atoms with Crippen LogP contribution in [0.2, 0.25) is 0 Å². The van der Waals surface area contributed by atoms with Crippen molar-refractivity contribution in [1.82, 2.24) is 5.32 Å². The third-order valence-electron chi connectivity index (χ3n) is 2.65. The molecule has 1 aromatic rings. The van der Waals surface area contributed by atoms with Crippen molar-refractivity contribution in [1.29, 1.82) is 0 Å². The molecular formula is C13H20N3O2+. The smallest absolute Gasteiger partial charge is 0.319 e. The maximum Gasteiger partial charge on any atom is 0.319 e. The summed E-state index contributed by atoms with van der Waals surface area (Å²) in [5.41, 5.74) is 5.85. The molecule has 0 heterocycles. The number of nitrogens with two attached hydrogens (primary N) is 2. The van der Waals surface area contributed by atoms with Gasteiger partial charge in [-0.3, -0.25) is 10.1 Å². The van der Waals surface area contributed by atoms with E-state index >= 15 is 0 Å². The van der Waals surface area contributed by atoms with Crippen molar-refractivity contribution in [3.05, 3.63) is 35.9 Å². The first-order chi connectivity index (χ1) is 8.65. The van der Waals surface area contributed by atoms with Gasteiger partial charge in [-0.1, -0.05) is 43.7 Å². The molecule has 1 atom stereocenters. The number of rotatable bonds is 6. The van der Waals surface area contributed by atoms with E-state index in [1.165, 1.54) is 0 Å². The molecule has 98 valence electrons. The van der Waals surface area contributed by atoms with E-state index in [2.05, 4.69) is 12.2 Å². The Balaban J connectivity index is 2.75. The average Bonchev–Trinajstić information content (AvgIpc) is 2.35. The number of urea groups is 1. The molecule has 0 aliphatic heterocycles. The van der Waals surface area contributed by atoms with Crippen LogP contribution in [-0.4, -0.2) is 18.5 Å². The van der Waals surface area contributed by atoms with Crippen molar-refractivity contribution in [3.63, 3.8) is 0 Å². The van der Waals surface area contributed by atoms with E-state index in [0.717, 1.165) is 24.9 Å². The highest BCUT2D eigenvalue weighted by atomic mass is 16.2. The fourth-order valence-corrected chi connectivity index (χ4v) is 1.74. The molecule has 0 aromatic heterocycles. The molecule has 0 unspecified atom stereocenters. The zero-order valence-electron chi connectivity index (χ0n) is 10.6. The Morgan fingerprint density at radius 2 is 2.00 bits per heavy atom. The van der Waals surface area contributed by atoms with Gasteiger partial charge >= 0.3 is 6.03 Å². The Morgan fingerprint density at radius 3 is 2.56 bits per heavy atom. The van der Waals surface area contributed by atoms with Crippen molar-refractivity contribution in [2.24, 2.45) is 5.73 Å². The van der Waals surface area contributed by atoms with Crippen LogP contribution in [0.1, 0.15) is 31.4 Å². The molecule has 5 N–H and O–H groups in total. The normalized spacial score (nSPS) is 11.8. The number of imide groups is 1. The second-order valence-corrected chi connectivity index (χ2v) is 4.12. The molecule has 0 bridgehead atoms. The van der Waals surface area contributed by atoms with Crippen LogP contribution in [0, 0.1) is 0 Å². The van der Waals surface area contributed by atoms with Crippen molar-refractivity contribution in [2.45, 2.75) is 25.8 Å². The van der Waals surface area contributed by atoms with Crippen LogP contribution in [0.4, 0.5) is 4.79 Å². The molecule has 18 heavy (non-hydrogen) atoms. The van der Waals surface area contributed by atoms with Gasteiger partial charge in [0.25, 0.3) is 5.91 Å². The molecular weight excluding hydrogens is 230 g/mol. The molecule has 0 aliphatic rings. The molecule has 0 spiro atoms. The molecule has 0 fully saturated rings. The second-order valence-electron chi connectivity index (χ2n) is 4.12. The molecule has 0 saturated heterocycles. The van der Waals surface area contributed by atoms with E-state index in [-0.39, 0.29) is 5.91 Å². The lowest BCUT2D eigenvalue weighted by Crippen LogP contribution is -2.87. The van der Waals surface area contributed by atoms with Crippen LogP contribution in [0.15, 0.2) is 30.3 Å². The van der Waals surface area contributed by atoms with Gasteiger partial charge in [-0.2, -0.15) is 0 Å². The van der Waals surface area contributed by atoms with E-state index in [0.29, 0.717) is 0 Å². The lowest BCUT2D eigenvalue weighted by molar-refractivity contribution is -0.683. The molecule has 3 amide bonds. The number of unbranched alkanes of at least 4 members (excludes halogenated alkanes) is 1. The number of amides is 3. The summed E-state index contributed by atoms with van der Waals surface area (Å²) in [6.07, 6.45) is 2.09. The summed E-state index contributed by atoms with van der Waals surface area (Å²) in [7, 11) is 0. The minimum atomic E-state index is -0.815. The summed E-state index contributed by atoms with van der Waals surface area (Å²) >= 11 is 0. The van der Waals surface area contributed by atoms with E-state index in [1.807, 2.05) is 35.6 Å². The summed E-state index contributed by atoms with van der Waals surface area (Å²) in [6, 6.07) is 8.12. The predicted molar refractivity (Wildman–Crippen MR) is 68.6 cm³/mol. The van der Waals surface area contributed by atoms with Crippen molar-refractivity contribution >= 4 is 11.9 Å². The van der Waals surface area contributed by atoms with Gasteiger partial charge in [-0.15, -0.1) is 0 Å². The van der Waals surface area contributed by atoms with Gasteiger partial charge in [0.1, 0.15) is 0 Å². The topological polar surface area (TPSA) is 88.8 Å². The van der Waals surface area contributed by atoms with Crippen LogP contribution in [-0.2, 0) is 4.79 Å². The Kier molecular flexibility index (Phi) is 5.87. The number of quaternary nitrogens is 1. The summed E-state index contributed by atoms with van der Waals surface area (Å²) in [4.78, 5) is 22.7. The quantitative estimate of drug-likeness (QED) is 0.633. The van der Waals surface area contributed by atoms with Gasteiger partial charge in [-0.25, -0.2) is 4.79 Å². The number of nitrogens with one attached hydrogen (secondary N) is 1. The fraction of sp³-hybridized carbons (Fsp3) is 0.385. The van der Waals surface area contributed by atoms with E-state index in [4.69, 9.17) is 5.73 Å². The molecule has 1 rings (SSSR count). The monoisotopic (exact) mass is 250 g/mol. The number of benzene rings is 1. The number of hydrogen-bond donors (Lipinski definition) is 3. The van der Waals surface area contributed by atoms with Crippen LogP contribution >= 0.6 is 0 Å². The molecule has 5 heteroatoms. The Labute approximate surface area is 107 Å². The highest BCUT2D eigenvalue weighted by Crippen LogP contribution is 2.08. The molecule has 1 aromatic carbocycles. The van der Waals surface area contributed by atoms with Crippen LogP contribution in [0.5, 0.6) is 0 Å². The van der Waals surface area contributed by atoms with E-state index < -0.39 is 12.1 Å². The Morgan fingerprint density at radius 1 is 1.33 bits per heavy atom. The zero-order valence-corrected chi connectivity index (χ0v) is 10.6. The van der Waals surface area contributed by atoms with Crippen LogP contribution < -0.4 is 16.4 Å². The van der Waals surface area contributed by atoms with Crippen molar-refractivity contribution < 1.29 is 14.9 Å². The van der Waals surface area contributed by atoms with Crippen LogP contribution in [0.25, 0.3) is 0 Å². The van der Waals surface area contributed by atoms with Gasteiger partial charge in [0.15, 0.2) is 6.04 Å². The summed E-state index contributed by atoms with van der Waals surface area (Å²) in [5.74, 6) is -0.371. The summed E-state index contributed by atoms with van der Waals surface area (Å²) < 4.78 is 0. The zero-order chi connectivity index (χ0) is 13.4. The lowest BCUT2D eigenvalue weighted by atomic mass is 10.1. The number of carbonyl (C=O) groups excluding carboxylic acids is 2. The first-order valence-electron chi connectivity index (χ1n) is 6.13. The van der Waals surface area contributed by atoms with Crippen molar-refractivity contribution in [3.8, 4) is 0 Å². The van der Waals surface area contributed by atoms with E-state index in [9.17, 15) is 9.59 Å². The first-order valence-corrected chi connectivity index (χ1v) is 6.13. The minimum absolute atomic E-state index is 0.371. The van der Waals surface area contributed by atoms with Gasteiger partial charge in [-0.05, 0) is 6.42 Å². The third-order valence-corrected chi connectivity index (χ3v) is 2.65. The minimum Gasteiger partial charge on any atom is -0.351 e. The number of primary amides is 1. The molecule has 0 radical (unpaired) electrons. The van der Waals surface area contributed by atoms with Gasteiger partial charge < -0.3 is 11.1 Å². The highest BCUT2D eigenvalue weighted by Gasteiger charge is 2.24. The summed E-state index contributed by atoms with van der Waals surface area (Å²) in [6.45, 7) is 2.93. The lowest BCUT2D eigenvalue weighted by Gasteiger charge is -2.14.